The van der Waals surface area contributed by atoms with Crippen molar-refractivity contribution >= 4 is 17.3 Å². The number of carbonyl (C=O) groups excluding carboxylic acids is 1. The number of morpholine rings is 1. The molecule has 2 heterocycles. The van der Waals surface area contributed by atoms with Gasteiger partial charge in [0.2, 0.25) is 0 Å². The number of hydrogen-bond donors (Lipinski definition) is 2. The summed E-state index contributed by atoms with van der Waals surface area (Å²) < 4.78 is 18.5. The van der Waals surface area contributed by atoms with Crippen molar-refractivity contribution in [1.82, 2.24) is 9.88 Å². The van der Waals surface area contributed by atoms with Crippen LogP contribution in [0.15, 0.2) is 42.6 Å². The van der Waals surface area contributed by atoms with Crippen LogP contribution >= 0.6 is 0 Å². The van der Waals surface area contributed by atoms with E-state index in [0.29, 0.717) is 5.69 Å². The molecule has 0 saturated carbocycles. The Bertz CT molecular complexity index is 702. The Morgan fingerprint density at radius 2 is 2.04 bits per heavy atom. The van der Waals surface area contributed by atoms with E-state index in [1.165, 1.54) is 12.1 Å². The number of nitrogens with zero attached hydrogens (tertiary/aromatic N) is 2. The minimum Gasteiger partial charge on any atom is -0.383 e. The average molecular weight is 344 g/mol. The van der Waals surface area contributed by atoms with Gasteiger partial charge in [0.25, 0.3) is 5.91 Å². The number of halogens is 1. The largest absolute Gasteiger partial charge is 0.383 e. The molecule has 1 amide bonds. The molecule has 0 unspecified atom stereocenters. The Balaban J connectivity index is 1.48. The minimum absolute atomic E-state index is 0.281. The summed E-state index contributed by atoms with van der Waals surface area (Å²) in [6.45, 7) is 5.23. The molecule has 0 atom stereocenters. The molecule has 1 fully saturated rings. The van der Waals surface area contributed by atoms with Gasteiger partial charge >= 0.3 is 0 Å². The van der Waals surface area contributed by atoms with E-state index in [2.05, 4.69) is 20.5 Å². The molecule has 0 aliphatic carbocycles. The normalized spacial score (nSPS) is 14.9. The van der Waals surface area contributed by atoms with E-state index in [0.717, 1.165) is 45.1 Å². The van der Waals surface area contributed by atoms with Crippen molar-refractivity contribution in [2.75, 3.05) is 50.0 Å². The van der Waals surface area contributed by atoms with E-state index in [4.69, 9.17) is 4.74 Å². The van der Waals surface area contributed by atoms with Gasteiger partial charge in [-0.2, -0.15) is 0 Å². The predicted octanol–water partition coefficient (Wildman–Crippen LogP) is 2.22. The number of amides is 1. The SMILES string of the molecule is O=C(Nc1cccc(F)c1)c1ccc(NCCN2CCOCC2)cn1. The standard InChI is InChI=1S/C18H21FN4O2/c19-14-2-1-3-15(12-14)22-18(24)17-5-4-16(13-21-17)20-6-7-23-8-10-25-11-9-23/h1-5,12-13,20H,6-11H2,(H,22,24). The second-order valence-electron chi connectivity index (χ2n) is 5.78. The van der Waals surface area contributed by atoms with Crippen LogP contribution in [-0.4, -0.2) is 55.2 Å². The Hall–Kier alpha value is -2.51. The van der Waals surface area contributed by atoms with Gasteiger partial charge in [0.15, 0.2) is 0 Å². The summed E-state index contributed by atoms with van der Waals surface area (Å²) in [5, 5.41) is 5.91. The first kappa shape index (κ1) is 17.3. The molecule has 0 spiro atoms. The third-order valence-corrected chi connectivity index (χ3v) is 3.94. The number of ether oxygens (including phenoxy) is 1. The smallest absolute Gasteiger partial charge is 0.274 e. The lowest BCUT2D eigenvalue weighted by Crippen LogP contribution is -2.39. The Kier molecular flexibility index (Phi) is 5.92. The molecule has 1 aromatic heterocycles. The Labute approximate surface area is 146 Å². The van der Waals surface area contributed by atoms with Crippen LogP contribution in [0.3, 0.4) is 0 Å². The van der Waals surface area contributed by atoms with E-state index < -0.39 is 5.82 Å². The van der Waals surface area contributed by atoms with Crippen LogP contribution in [0, 0.1) is 5.82 Å². The van der Waals surface area contributed by atoms with Crippen LogP contribution in [0.1, 0.15) is 10.5 Å². The lowest BCUT2D eigenvalue weighted by molar-refractivity contribution is 0.0398. The summed E-state index contributed by atoms with van der Waals surface area (Å²) in [4.78, 5) is 18.6. The number of pyridine rings is 1. The van der Waals surface area contributed by atoms with Crippen LogP contribution in [0.2, 0.25) is 0 Å². The summed E-state index contributed by atoms with van der Waals surface area (Å²) >= 11 is 0. The van der Waals surface area contributed by atoms with Gasteiger partial charge in [-0.05, 0) is 30.3 Å². The van der Waals surface area contributed by atoms with Crippen LogP contribution in [0.4, 0.5) is 15.8 Å². The predicted molar refractivity (Wildman–Crippen MR) is 94.3 cm³/mol. The third kappa shape index (κ3) is 5.23. The second-order valence-corrected chi connectivity index (χ2v) is 5.78. The number of aromatic nitrogens is 1. The van der Waals surface area contributed by atoms with Crippen molar-refractivity contribution in [1.29, 1.82) is 0 Å². The van der Waals surface area contributed by atoms with E-state index in [9.17, 15) is 9.18 Å². The van der Waals surface area contributed by atoms with Gasteiger partial charge in [-0.15, -0.1) is 0 Å². The van der Waals surface area contributed by atoms with Crippen molar-refractivity contribution in [3.8, 4) is 0 Å². The van der Waals surface area contributed by atoms with E-state index >= 15 is 0 Å². The summed E-state index contributed by atoms with van der Waals surface area (Å²) in [6.07, 6.45) is 1.62. The molecule has 25 heavy (non-hydrogen) atoms. The summed E-state index contributed by atoms with van der Waals surface area (Å²) in [5.41, 5.74) is 1.54. The fraction of sp³-hybridized carbons (Fsp3) is 0.333. The molecule has 3 rings (SSSR count). The van der Waals surface area contributed by atoms with Gasteiger partial charge in [0.05, 0.1) is 25.1 Å². The Morgan fingerprint density at radius 1 is 1.20 bits per heavy atom. The van der Waals surface area contributed by atoms with Crippen molar-refractivity contribution < 1.29 is 13.9 Å². The number of nitrogens with one attached hydrogen (secondary N) is 2. The maximum Gasteiger partial charge on any atom is 0.274 e. The second kappa shape index (κ2) is 8.55. The third-order valence-electron chi connectivity index (χ3n) is 3.94. The maximum absolute atomic E-state index is 13.1. The lowest BCUT2D eigenvalue weighted by atomic mass is 10.2. The van der Waals surface area contributed by atoms with Crippen LogP contribution in [-0.2, 0) is 4.74 Å². The summed E-state index contributed by atoms with van der Waals surface area (Å²) in [6, 6.07) is 9.21. The first-order valence-electron chi connectivity index (χ1n) is 8.28. The van der Waals surface area contributed by atoms with Gasteiger partial charge in [-0.25, -0.2) is 9.37 Å². The molecular weight excluding hydrogens is 323 g/mol. The fourth-order valence-corrected chi connectivity index (χ4v) is 2.58. The molecular formula is C18H21FN4O2. The summed E-state index contributed by atoms with van der Waals surface area (Å²) in [5.74, 6) is -0.768. The number of hydrogen-bond acceptors (Lipinski definition) is 5. The topological polar surface area (TPSA) is 66.5 Å². The summed E-state index contributed by atoms with van der Waals surface area (Å²) in [7, 11) is 0. The van der Waals surface area contributed by atoms with E-state index in [-0.39, 0.29) is 11.6 Å². The molecule has 1 aromatic carbocycles. The van der Waals surface area contributed by atoms with E-state index in [1.54, 1.807) is 24.4 Å². The van der Waals surface area contributed by atoms with Gasteiger partial charge in [0.1, 0.15) is 11.5 Å². The molecule has 6 nitrogen and oxygen atoms in total. The van der Waals surface area contributed by atoms with Crippen molar-refractivity contribution in [3.05, 3.63) is 54.1 Å². The molecule has 1 saturated heterocycles. The number of anilines is 2. The zero-order valence-electron chi connectivity index (χ0n) is 13.9. The number of rotatable bonds is 6. The minimum atomic E-state index is -0.398. The zero-order chi connectivity index (χ0) is 17.5. The molecule has 0 bridgehead atoms. The van der Waals surface area contributed by atoms with Crippen LogP contribution < -0.4 is 10.6 Å². The van der Waals surface area contributed by atoms with Gasteiger partial charge in [0, 0.05) is 31.9 Å². The van der Waals surface area contributed by atoms with E-state index in [1.807, 2.05) is 6.07 Å². The van der Waals surface area contributed by atoms with Crippen molar-refractivity contribution in [2.45, 2.75) is 0 Å². The molecule has 132 valence electrons. The highest BCUT2D eigenvalue weighted by Crippen LogP contribution is 2.12. The van der Waals surface area contributed by atoms with Crippen LogP contribution in [0.5, 0.6) is 0 Å². The molecule has 2 aromatic rings. The lowest BCUT2D eigenvalue weighted by Gasteiger charge is -2.26. The average Bonchev–Trinajstić information content (AvgIpc) is 2.63. The fourth-order valence-electron chi connectivity index (χ4n) is 2.58. The quantitative estimate of drug-likeness (QED) is 0.841. The maximum atomic E-state index is 13.1. The van der Waals surface area contributed by atoms with Crippen LogP contribution in [0.25, 0.3) is 0 Å². The van der Waals surface area contributed by atoms with Crippen molar-refractivity contribution in [2.24, 2.45) is 0 Å². The molecule has 0 radical (unpaired) electrons. The van der Waals surface area contributed by atoms with Crippen molar-refractivity contribution in [3.63, 3.8) is 0 Å². The number of carbonyl (C=O) groups is 1. The molecule has 7 heteroatoms. The highest BCUT2D eigenvalue weighted by Gasteiger charge is 2.10. The van der Waals surface area contributed by atoms with Gasteiger partial charge in [-0.3, -0.25) is 9.69 Å². The number of benzene rings is 1. The van der Waals surface area contributed by atoms with Gasteiger partial charge in [-0.1, -0.05) is 6.07 Å². The highest BCUT2D eigenvalue weighted by atomic mass is 19.1. The van der Waals surface area contributed by atoms with Gasteiger partial charge < -0.3 is 15.4 Å². The highest BCUT2D eigenvalue weighted by molar-refractivity contribution is 6.02. The molecule has 2 N–H and O–H groups in total. The molecule has 1 aliphatic heterocycles. The first-order chi connectivity index (χ1) is 12.2. The first-order valence-corrected chi connectivity index (χ1v) is 8.28. The monoisotopic (exact) mass is 344 g/mol. The Morgan fingerprint density at radius 3 is 2.76 bits per heavy atom. The molecule has 1 aliphatic rings. The zero-order valence-corrected chi connectivity index (χ0v) is 13.9.